The average Bonchev–Trinajstić information content (AvgIpc) is 3.06. The molecule has 2 unspecified atom stereocenters. The minimum Gasteiger partial charge on any atom is -0.464 e. The number of hydrogen-bond acceptors (Lipinski definition) is 3. The van der Waals surface area contributed by atoms with Crippen LogP contribution in [0.25, 0.3) is 11.0 Å². The molecule has 0 spiro atoms. The van der Waals surface area contributed by atoms with Gasteiger partial charge < -0.3 is 10.2 Å². The molecule has 0 aliphatic carbocycles. The Hall–Kier alpha value is -1.76. The first-order valence-corrected chi connectivity index (χ1v) is 9.46. The van der Waals surface area contributed by atoms with Crippen molar-refractivity contribution in [3.63, 3.8) is 0 Å². The molecule has 3 aromatic rings. The normalized spacial score (nSPS) is 15.5. The van der Waals surface area contributed by atoms with Gasteiger partial charge in [-0.05, 0) is 43.1 Å². The molecule has 0 aliphatic heterocycles. The number of para-hydroxylation sites is 1. The van der Waals surface area contributed by atoms with Gasteiger partial charge in [0.1, 0.15) is 15.9 Å². The van der Waals surface area contributed by atoms with Gasteiger partial charge in [-0.2, -0.15) is 13.2 Å². The number of aromatic nitrogens is 1. The van der Waals surface area contributed by atoms with Gasteiger partial charge in [-0.1, -0.05) is 48.3 Å². The third kappa shape index (κ3) is 4.14. The van der Waals surface area contributed by atoms with E-state index in [-0.39, 0.29) is 29.7 Å². The number of pyridine rings is 1. The van der Waals surface area contributed by atoms with Gasteiger partial charge in [-0.3, -0.25) is 0 Å². The topological polar surface area (TPSA) is 52.0 Å². The zero-order valence-electron chi connectivity index (χ0n) is 15.1. The lowest BCUT2D eigenvalue weighted by molar-refractivity contribution is -0.193. The molecule has 0 amide bonds. The Labute approximate surface area is 170 Å². The Balaban J connectivity index is 2.15. The van der Waals surface area contributed by atoms with Crippen LogP contribution in [0.5, 0.6) is 0 Å². The standard InChI is InChI=1S/C20H19Cl2F3N2O/c1-19(6-7-26,14-4-2-3-13-5-8-28-18(13)14)15(20(23,24)25)9-12-10-16(21)27-17(22)11-12/h2-5,8,10-11,15H,6-7,9,26H2,1H3. The van der Waals surface area contributed by atoms with Crippen LogP contribution in [0.15, 0.2) is 47.1 Å². The van der Waals surface area contributed by atoms with Gasteiger partial charge in [-0.15, -0.1) is 0 Å². The second-order valence-corrected chi connectivity index (χ2v) is 7.79. The maximum atomic E-state index is 14.3. The first-order valence-electron chi connectivity index (χ1n) is 8.70. The molecule has 2 atom stereocenters. The molecule has 28 heavy (non-hydrogen) atoms. The smallest absolute Gasteiger partial charge is 0.392 e. The van der Waals surface area contributed by atoms with Crippen LogP contribution in [-0.2, 0) is 11.8 Å². The largest absolute Gasteiger partial charge is 0.464 e. The Morgan fingerprint density at radius 1 is 1.14 bits per heavy atom. The molecular formula is C20H19Cl2F3N2O. The molecule has 0 saturated carbocycles. The summed E-state index contributed by atoms with van der Waals surface area (Å²) >= 11 is 11.8. The van der Waals surface area contributed by atoms with E-state index in [9.17, 15) is 13.2 Å². The Bertz CT molecular complexity index is 953. The predicted octanol–water partition coefficient (Wildman–Crippen LogP) is 6.16. The van der Waals surface area contributed by atoms with Gasteiger partial charge in [0.15, 0.2) is 0 Å². The number of nitrogens with zero attached hydrogens (tertiary/aromatic N) is 1. The molecule has 1 aromatic carbocycles. The van der Waals surface area contributed by atoms with Gasteiger partial charge in [0.2, 0.25) is 0 Å². The molecular weight excluding hydrogens is 412 g/mol. The number of rotatable bonds is 6. The van der Waals surface area contributed by atoms with Crippen LogP contribution in [0.1, 0.15) is 24.5 Å². The summed E-state index contributed by atoms with van der Waals surface area (Å²) in [6.45, 7) is 1.68. The molecule has 150 valence electrons. The fourth-order valence-electron chi connectivity index (χ4n) is 3.81. The lowest BCUT2D eigenvalue weighted by Crippen LogP contribution is -2.44. The first kappa shape index (κ1) is 21.0. The van der Waals surface area contributed by atoms with Crippen LogP contribution in [0.3, 0.4) is 0 Å². The first-order chi connectivity index (χ1) is 13.1. The highest BCUT2D eigenvalue weighted by Crippen LogP contribution is 2.48. The van der Waals surface area contributed by atoms with Crippen molar-refractivity contribution < 1.29 is 17.6 Å². The SMILES string of the molecule is CC(CCN)(c1cccc2ccoc12)C(Cc1cc(Cl)nc(Cl)c1)C(F)(F)F. The highest BCUT2D eigenvalue weighted by molar-refractivity contribution is 6.32. The summed E-state index contributed by atoms with van der Waals surface area (Å²) in [4.78, 5) is 3.81. The van der Waals surface area contributed by atoms with E-state index in [1.807, 2.05) is 0 Å². The van der Waals surface area contributed by atoms with Crippen molar-refractivity contribution in [3.05, 3.63) is 64.1 Å². The number of fused-ring (bicyclic) bond motifs is 1. The van der Waals surface area contributed by atoms with Crippen LogP contribution in [-0.4, -0.2) is 17.7 Å². The maximum absolute atomic E-state index is 14.3. The van der Waals surface area contributed by atoms with Crippen molar-refractivity contribution in [2.24, 2.45) is 11.7 Å². The van der Waals surface area contributed by atoms with E-state index in [1.54, 1.807) is 31.2 Å². The maximum Gasteiger partial charge on any atom is 0.392 e. The second kappa shape index (κ2) is 7.93. The zero-order chi connectivity index (χ0) is 20.5. The number of alkyl halides is 3. The summed E-state index contributed by atoms with van der Waals surface area (Å²) in [6, 6.07) is 9.75. The number of furan rings is 1. The molecule has 3 rings (SSSR count). The van der Waals surface area contributed by atoms with E-state index >= 15 is 0 Å². The fourth-order valence-corrected chi connectivity index (χ4v) is 4.31. The van der Waals surface area contributed by atoms with Crippen molar-refractivity contribution >= 4 is 34.2 Å². The fraction of sp³-hybridized carbons (Fsp3) is 0.350. The van der Waals surface area contributed by atoms with Crippen LogP contribution in [0.2, 0.25) is 10.3 Å². The number of halogens is 5. The van der Waals surface area contributed by atoms with Gasteiger partial charge in [0.25, 0.3) is 0 Å². The molecule has 3 nitrogen and oxygen atoms in total. The van der Waals surface area contributed by atoms with E-state index in [0.717, 1.165) is 5.39 Å². The van der Waals surface area contributed by atoms with Crippen molar-refractivity contribution in [1.29, 1.82) is 0 Å². The summed E-state index contributed by atoms with van der Waals surface area (Å²) in [6.07, 6.45) is -3.19. The van der Waals surface area contributed by atoms with E-state index < -0.39 is 17.5 Å². The van der Waals surface area contributed by atoms with Crippen LogP contribution < -0.4 is 5.73 Å². The van der Waals surface area contributed by atoms with Gasteiger partial charge in [0.05, 0.1) is 12.2 Å². The minimum atomic E-state index is -4.49. The Kier molecular flexibility index (Phi) is 5.94. The summed E-state index contributed by atoms with van der Waals surface area (Å²) in [5.41, 5.74) is 5.72. The molecule has 0 radical (unpaired) electrons. The summed E-state index contributed by atoms with van der Waals surface area (Å²) in [5.74, 6) is -1.73. The van der Waals surface area contributed by atoms with E-state index in [1.165, 1.54) is 18.4 Å². The zero-order valence-corrected chi connectivity index (χ0v) is 16.6. The predicted molar refractivity (Wildman–Crippen MR) is 105 cm³/mol. The third-order valence-electron chi connectivity index (χ3n) is 5.18. The van der Waals surface area contributed by atoms with Crippen LogP contribution >= 0.6 is 23.2 Å². The minimum absolute atomic E-state index is 0.0529. The molecule has 2 heterocycles. The average molecular weight is 431 g/mol. The highest BCUT2D eigenvalue weighted by Gasteiger charge is 2.52. The van der Waals surface area contributed by atoms with Gasteiger partial charge >= 0.3 is 6.18 Å². The quantitative estimate of drug-likeness (QED) is 0.476. The molecule has 2 aromatic heterocycles. The molecule has 0 fully saturated rings. The Morgan fingerprint density at radius 2 is 1.82 bits per heavy atom. The lowest BCUT2D eigenvalue weighted by Gasteiger charge is -2.39. The van der Waals surface area contributed by atoms with E-state index in [4.69, 9.17) is 33.4 Å². The van der Waals surface area contributed by atoms with E-state index in [0.29, 0.717) is 16.7 Å². The van der Waals surface area contributed by atoms with Gasteiger partial charge in [-0.25, -0.2) is 4.98 Å². The highest BCUT2D eigenvalue weighted by atomic mass is 35.5. The van der Waals surface area contributed by atoms with Crippen molar-refractivity contribution in [1.82, 2.24) is 4.98 Å². The van der Waals surface area contributed by atoms with Crippen molar-refractivity contribution in [2.45, 2.75) is 31.4 Å². The summed E-state index contributed by atoms with van der Waals surface area (Å²) in [7, 11) is 0. The second-order valence-electron chi connectivity index (χ2n) is 7.02. The summed E-state index contributed by atoms with van der Waals surface area (Å²) < 4.78 is 48.4. The lowest BCUT2D eigenvalue weighted by atomic mass is 9.66. The van der Waals surface area contributed by atoms with Gasteiger partial charge in [0, 0.05) is 16.4 Å². The number of hydrogen-bond donors (Lipinski definition) is 1. The molecule has 0 saturated heterocycles. The molecule has 0 aliphatic rings. The number of nitrogens with two attached hydrogens (primary N) is 1. The molecule has 0 bridgehead atoms. The van der Waals surface area contributed by atoms with Crippen molar-refractivity contribution in [3.8, 4) is 0 Å². The van der Waals surface area contributed by atoms with Crippen LogP contribution in [0, 0.1) is 5.92 Å². The molecule has 2 N–H and O–H groups in total. The molecule has 8 heteroatoms. The number of benzene rings is 1. The summed E-state index contributed by atoms with van der Waals surface area (Å²) in [5, 5.41) is 0.853. The third-order valence-corrected chi connectivity index (χ3v) is 5.57. The van der Waals surface area contributed by atoms with E-state index in [2.05, 4.69) is 4.98 Å². The monoisotopic (exact) mass is 430 g/mol. The van der Waals surface area contributed by atoms with Crippen molar-refractivity contribution in [2.75, 3.05) is 6.54 Å². The Morgan fingerprint density at radius 3 is 2.43 bits per heavy atom. The van der Waals surface area contributed by atoms with Crippen LogP contribution in [0.4, 0.5) is 13.2 Å².